The summed E-state index contributed by atoms with van der Waals surface area (Å²) in [6, 6.07) is 0.345. The van der Waals surface area contributed by atoms with Gasteiger partial charge in [-0.15, -0.1) is 0 Å². The smallest absolute Gasteiger partial charge is 0.233 e. The summed E-state index contributed by atoms with van der Waals surface area (Å²) >= 11 is 0. The first-order valence-electron chi connectivity index (χ1n) is 6.47. The molecule has 104 valence electrons. The molecule has 1 fully saturated rings. The Bertz CT molecular complexity index is 319. The second-order valence-corrected chi connectivity index (χ2v) is 4.98. The summed E-state index contributed by atoms with van der Waals surface area (Å²) in [6.45, 7) is 6.35. The zero-order valence-corrected chi connectivity index (χ0v) is 11.5. The fraction of sp³-hybridized carbons (Fsp3) is 0.833. The highest BCUT2D eigenvalue weighted by molar-refractivity contribution is 6.02. The van der Waals surface area contributed by atoms with Crippen LogP contribution in [0, 0.1) is 5.92 Å². The predicted molar refractivity (Wildman–Crippen MR) is 70.5 cm³/mol. The molecule has 6 heteroatoms. The predicted octanol–water partition coefficient (Wildman–Crippen LogP) is 0.312. The molecule has 1 heterocycles. The summed E-state index contributed by atoms with van der Waals surface area (Å²) in [4.78, 5) is 16.4. The number of carbonyl (C=O) groups excluding carboxylic acids is 1. The molecule has 0 aromatic rings. The van der Waals surface area contributed by atoms with Crippen molar-refractivity contribution in [1.82, 2.24) is 9.80 Å². The lowest BCUT2D eigenvalue weighted by Gasteiger charge is -2.39. The molecule has 1 saturated heterocycles. The van der Waals surface area contributed by atoms with E-state index in [0.29, 0.717) is 25.6 Å². The molecule has 1 amide bonds. The maximum absolute atomic E-state index is 12.4. The van der Waals surface area contributed by atoms with Crippen molar-refractivity contribution < 1.29 is 10.0 Å². The Labute approximate surface area is 108 Å². The Morgan fingerprint density at radius 2 is 2.22 bits per heavy atom. The van der Waals surface area contributed by atoms with Gasteiger partial charge in [-0.05, 0) is 20.4 Å². The molecule has 0 aromatic carbocycles. The zero-order valence-electron chi connectivity index (χ0n) is 11.5. The highest BCUT2D eigenvalue weighted by Gasteiger charge is 2.31. The summed E-state index contributed by atoms with van der Waals surface area (Å²) in [7, 11) is 2.06. The summed E-state index contributed by atoms with van der Waals surface area (Å²) in [5.41, 5.74) is 5.61. The monoisotopic (exact) mass is 256 g/mol. The standard InChI is InChI=1S/C12H24N4O2/c1-4-5-10(11(13)14-18)12(17)16-7-6-15(3)9(2)8-16/h9-10,18H,4-8H2,1-3H3,(H2,13,14). The van der Waals surface area contributed by atoms with Crippen molar-refractivity contribution in [2.45, 2.75) is 32.7 Å². The molecule has 18 heavy (non-hydrogen) atoms. The second kappa shape index (κ2) is 6.58. The number of likely N-dealkylation sites (N-methyl/N-ethyl adjacent to an activating group) is 1. The highest BCUT2D eigenvalue weighted by Crippen LogP contribution is 2.15. The van der Waals surface area contributed by atoms with Crippen LogP contribution in [0.25, 0.3) is 0 Å². The van der Waals surface area contributed by atoms with E-state index < -0.39 is 5.92 Å². The maximum Gasteiger partial charge on any atom is 0.233 e. The van der Waals surface area contributed by atoms with E-state index in [1.54, 1.807) is 0 Å². The van der Waals surface area contributed by atoms with Gasteiger partial charge in [0.15, 0.2) is 5.84 Å². The van der Waals surface area contributed by atoms with E-state index in [1.165, 1.54) is 0 Å². The number of piperazine rings is 1. The fourth-order valence-electron chi connectivity index (χ4n) is 2.23. The van der Waals surface area contributed by atoms with E-state index in [0.717, 1.165) is 13.0 Å². The molecule has 1 rings (SSSR count). The normalized spacial score (nSPS) is 24.1. The third-order valence-corrected chi connectivity index (χ3v) is 3.62. The SMILES string of the molecule is CCCC(C(=O)N1CCN(C)C(C)C1)C(N)=NO. The van der Waals surface area contributed by atoms with Crippen LogP contribution in [0.15, 0.2) is 5.16 Å². The Balaban J connectivity index is 2.71. The lowest BCUT2D eigenvalue weighted by Crippen LogP contribution is -2.54. The zero-order chi connectivity index (χ0) is 13.7. The molecule has 0 aliphatic carbocycles. The summed E-state index contributed by atoms with van der Waals surface area (Å²) in [5, 5.41) is 11.8. The number of carbonyl (C=O) groups is 1. The molecule has 0 saturated carbocycles. The van der Waals surface area contributed by atoms with Crippen molar-refractivity contribution in [2.24, 2.45) is 16.8 Å². The van der Waals surface area contributed by atoms with Crippen molar-refractivity contribution in [2.75, 3.05) is 26.7 Å². The Kier molecular flexibility index (Phi) is 5.40. The topological polar surface area (TPSA) is 82.2 Å². The second-order valence-electron chi connectivity index (χ2n) is 4.98. The van der Waals surface area contributed by atoms with Gasteiger partial charge in [-0.2, -0.15) is 0 Å². The molecule has 1 aliphatic heterocycles. The molecule has 3 N–H and O–H groups in total. The maximum atomic E-state index is 12.4. The van der Waals surface area contributed by atoms with Gasteiger partial charge < -0.3 is 20.7 Å². The van der Waals surface area contributed by atoms with E-state index in [2.05, 4.69) is 24.0 Å². The van der Waals surface area contributed by atoms with Gasteiger partial charge in [0.05, 0.1) is 5.92 Å². The van der Waals surface area contributed by atoms with Gasteiger partial charge in [0.1, 0.15) is 0 Å². The van der Waals surface area contributed by atoms with Gasteiger partial charge in [-0.3, -0.25) is 4.79 Å². The van der Waals surface area contributed by atoms with Gasteiger partial charge >= 0.3 is 0 Å². The van der Waals surface area contributed by atoms with Crippen LogP contribution in [-0.4, -0.2) is 59.5 Å². The minimum absolute atomic E-state index is 0.0212. The molecule has 0 bridgehead atoms. The van der Waals surface area contributed by atoms with Gasteiger partial charge in [0.25, 0.3) is 0 Å². The van der Waals surface area contributed by atoms with Crippen LogP contribution in [0.3, 0.4) is 0 Å². The van der Waals surface area contributed by atoms with Crippen LogP contribution in [-0.2, 0) is 4.79 Å². The van der Waals surface area contributed by atoms with E-state index in [9.17, 15) is 4.79 Å². The van der Waals surface area contributed by atoms with Gasteiger partial charge in [0, 0.05) is 25.7 Å². The number of amidine groups is 1. The molecular formula is C12H24N4O2. The van der Waals surface area contributed by atoms with Gasteiger partial charge in [0.2, 0.25) is 5.91 Å². The summed E-state index contributed by atoms with van der Waals surface area (Å²) in [5.74, 6) is -0.490. The Morgan fingerprint density at radius 1 is 1.56 bits per heavy atom. The molecule has 2 unspecified atom stereocenters. The van der Waals surface area contributed by atoms with Crippen molar-refractivity contribution >= 4 is 11.7 Å². The number of amides is 1. The van der Waals surface area contributed by atoms with E-state index >= 15 is 0 Å². The van der Waals surface area contributed by atoms with E-state index in [4.69, 9.17) is 10.9 Å². The lowest BCUT2D eigenvalue weighted by atomic mass is 10.00. The van der Waals surface area contributed by atoms with E-state index in [-0.39, 0.29) is 11.7 Å². The average Bonchev–Trinajstić information content (AvgIpc) is 2.37. The van der Waals surface area contributed by atoms with Crippen LogP contribution in [0.1, 0.15) is 26.7 Å². The fourth-order valence-corrected chi connectivity index (χ4v) is 2.23. The van der Waals surface area contributed by atoms with E-state index in [1.807, 2.05) is 11.8 Å². The number of hydrogen-bond acceptors (Lipinski definition) is 4. The van der Waals surface area contributed by atoms with Crippen LogP contribution < -0.4 is 5.73 Å². The van der Waals surface area contributed by atoms with Crippen LogP contribution in [0.2, 0.25) is 0 Å². The van der Waals surface area contributed by atoms with Crippen LogP contribution >= 0.6 is 0 Å². The Hall–Kier alpha value is -1.30. The van der Waals surface area contributed by atoms with Crippen LogP contribution in [0.5, 0.6) is 0 Å². The average molecular weight is 256 g/mol. The number of nitrogens with zero attached hydrogens (tertiary/aromatic N) is 3. The number of rotatable bonds is 4. The molecular weight excluding hydrogens is 232 g/mol. The summed E-state index contributed by atoms with van der Waals surface area (Å²) < 4.78 is 0. The number of hydrogen-bond donors (Lipinski definition) is 2. The lowest BCUT2D eigenvalue weighted by molar-refractivity contribution is -0.136. The minimum atomic E-state index is -0.490. The Morgan fingerprint density at radius 3 is 2.72 bits per heavy atom. The first-order chi connectivity index (χ1) is 8.51. The molecule has 0 spiro atoms. The first kappa shape index (κ1) is 14.8. The van der Waals surface area contributed by atoms with Gasteiger partial charge in [-0.1, -0.05) is 18.5 Å². The van der Waals surface area contributed by atoms with Crippen LogP contribution in [0.4, 0.5) is 0 Å². The quantitative estimate of drug-likeness (QED) is 0.328. The number of nitrogens with two attached hydrogens (primary N) is 1. The minimum Gasteiger partial charge on any atom is -0.409 e. The third kappa shape index (κ3) is 3.35. The molecule has 6 nitrogen and oxygen atoms in total. The highest BCUT2D eigenvalue weighted by atomic mass is 16.4. The molecule has 0 radical (unpaired) electrons. The first-order valence-corrected chi connectivity index (χ1v) is 6.47. The summed E-state index contributed by atoms with van der Waals surface area (Å²) in [6.07, 6.45) is 1.45. The van der Waals surface area contributed by atoms with Crippen molar-refractivity contribution in [3.05, 3.63) is 0 Å². The van der Waals surface area contributed by atoms with Crippen molar-refractivity contribution in [3.63, 3.8) is 0 Å². The largest absolute Gasteiger partial charge is 0.409 e. The number of oxime groups is 1. The third-order valence-electron chi connectivity index (χ3n) is 3.62. The van der Waals surface area contributed by atoms with Crippen molar-refractivity contribution in [1.29, 1.82) is 0 Å². The van der Waals surface area contributed by atoms with Gasteiger partial charge in [-0.25, -0.2) is 0 Å². The molecule has 1 aliphatic rings. The molecule has 2 atom stereocenters. The molecule has 0 aromatic heterocycles. The van der Waals surface area contributed by atoms with Crippen molar-refractivity contribution in [3.8, 4) is 0 Å².